The second-order valence-electron chi connectivity index (χ2n) is 16.3. The lowest BCUT2D eigenvalue weighted by Crippen LogP contribution is -2.66. The number of amides is 1. The number of ether oxygens (including phenoxy) is 4. The fourth-order valence-electron chi connectivity index (χ4n) is 7.41. The van der Waals surface area contributed by atoms with Crippen LogP contribution in [0, 0.1) is 23.2 Å². The van der Waals surface area contributed by atoms with Crippen LogP contribution in [0.4, 0.5) is 5.95 Å². The molecule has 2 aromatic heterocycles. The summed E-state index contributed by atoms with van der Waals surface area (Å²) in [5.74, 6) is -4.22. The third kappa shape index (κ3) is 13.2. The Labute approximate surface area is 377 Å². The van der Waals surface area contributed by atoms with Crippen LogP contribution in [0.3, 0.4) is 0 Å². The van der Waals surface area contributed by atoms with Crippen LogP contribution in [-0.4, -0.2) is 116 Å². The highest BCUT2D eigenvalue weighted by molar-refractivity contribution is 7.48. The molecule has 0 saturated carbocycles. The van der Waals surface area contributed by atoms with Gasteiger partial charge in [0.15, 0.2) is 23.5 Å². The standard InChI is InChI=1S/C43H57N6O14PSi/c1-29(2)39(53)47-42-46-38-36(40(54)48-42)45-28-49(38)41-37(62-30(3)50)33(26-35(51)52)34(63-41)27-60-64(55,58-19-13-18-44)59-24-22-56-20-21-57-23-25-61-65(43(4,5)6,31-14-9-7-10-15-31)32-16-11-8-12-17-32/h7-12,14-17,28-29,33-34,37,41H,13,19-27H2,1-6H3,(H,51,52)(H2,46,47,48,53,54)/t33-,34+,37-,41-,64?/m1/s1. The molecule has 3 heterocycles. The van der Waals surface area contributed by atoms with Crippen LogP contribution in [0.25, 0.3) is 11.2 Å². The molecule has 20 nitrogen and oxygen atoms in total. The predicted octanol–water partition coefficient (Wildman–Crippen LogP) is 4.32. The average Bonchev–Trinajstić information content (AvgIpc) is 3.82. The molecule has 1 aliphatic heterocycles. The number of phosphoric acid groups is 1. The number of carbonyl (C=O) groups excluding carboxylic acids is 2. The molecule has 0 spiro atoms. The molecule has 5 rings (SSSR count). The normalized spacial score (nSPS) is 18.6. The Bertz CT molecular complexity index is 2310. The number of rotatable bonds is 25. The number of nitrogens with zero attached hydrogens (tertiary/aromatic N) is 4. The number of imidazole rings is 1. The Kier molecular flexibility index (Phi) is 18.3. The lowest BCUT2D eigenvalue weighted by Gasteiger charge is -2.43. The molecule has 5 atom stereocenters. The van der Waals surface area contributed by atoms with Gasteiger partial charge in [0.25, 0.3) is 13.9 Å². The van der Waals surface area contributed by atoms with Crippen molar-refractivity contribution in [1.82, 2.24) is 19.5 Å². The number of fused-ring (bicyclic) bond motifs is 1. The van der Waals surface area contributed by atoms with Crippen molar-refractivity contribution in [3.63, 3.8) is 0 Å². The van der Waals surface area contributed by atoms with Crippen LogP contribution in [0.15, 0.2) is 71.8 Å². The Balaban J connectivity index is 1.19. The minimum absolute atomic E-state index is 0.0471. The van der Waals surface area contributed by atoms with Crippen molar-refractivity contribution >= 4 is 61.5 Å². The maximum atomic E-state index is 13.9. The predicted molar refractivity (Wildman–Crippen MR) is 238 cm³/mol. The van der Waals surface area contributed by atoms with Crippen molar-refractivity contribution in [3.05, 3.63) is 77.3 Å². The zero-order valence-electron chi connectivity index (χ0n) is 37.3. The van der Waals surface area contributed by atoms with Crippen LogP contribution in [0.1, 0.15) is 60.6 Å². The van der Waals surface area contributed by atoms with Crippen molar-refractivity contribution in [2.45, 2.75) is 77.9 Å². The van der Waals surface area contributed by atoms with Gasteiger partial charge in [0, 0.05) is 18.8 Å². The average molecular weight is 941 g/mol. The number of H-pyrrole nitrogens is 1. The number of aliphatic carboxylic acids is 1. The fourth-order valence-corrected chi connectivity index (χ4v) is 13.1. The highest BCUT2D eigenvalue weighted by Crippen LogP contribution is 2.51. The van der Waals surface area contributed by atoms with Crippen LogP contribution in [-0.2, 0) is 55.9 Å². The number of hydrogen-bond acceptors (Lipinski definition) is 16. The summed E-state index contributed by atoms with van der Waals surface area (Å²) in [4.78, 5) is 60.7. The number of aromatic amines is 1. The van der Waals surface area contributed by atoms with E-state index in [1.165, 1.54) is 10.9 Å². The van der Waals surface area contributed by atoms with Crippen LogP contribution in [0.2, 0.25) is 5.04 Å². The minimum Gasteiger partial charge on any atom is -0.481 e. The quantitative estimate of drug-likeness (QED) is 0.0362. The highest BCUT2D eigenvalue weighted by Gasteiger charge is 2.51. The van der Waals surface area contributed by atoms with Gasteiger partial charge in [-0.05, 0) is 15.4 Å². The van der Waals surface area contributed by atoms with Gasteiger partial charge < -0.3 is 28.5 Å². The molecule has 22 heteroatoms. The Morgan fingerprint density at radius 3 is 2.12 bits per heavy atom. The molecule has 1 fully saturated rings. The lowest BCUT2D eigenvalue weighted by atomic mass is 9.94. The SMILES string of the molecule is CC(=O)O[C@@H]1[C@H](CC(=O)O)[C@H](COP(=O)(OCCC#N)OCCOCCOCCO[Si](c2ccccc2)(c2ccccc2)C(C)(C)C)O[C@H]1n1cnc2c(=O)[nH]c(NC(=O)C(C)C)nc21. The smallest absolute Gasteiger partial charge is 0.474 e. The molecule has 2 aromatic carbocycles. The fraction of sp³-hybridized carbons (Fsp3) is 0.512. The first-order chi connectivity index (χ1) is 31.0. The molecular formula is C43H57N6O14PSi. The summed E-state index contributed by atoms with van der Waals surface area (Å²) in [7, 11) is -7.16. The van der Waals surface area contributed by atoms with E-state index in [1.807, 2.05) is 42.5 Å². The van der Waals surface area contributed by atoms with Gasteiger partial charge in [-0.25, -0.2) is 9.55 Å². The molecule has 1 aliphatic rings. The molecular weight excluding hydrogens is 884 g/mol. The molecule has 352 valence electrons. The number of anilines is 1. The van der Waals surface area contributed by atoms with E-state index in [1.54, 1.807) is 13.8 Å². The maximum Gasteiger partial charge on any atom is 0.474 e. The van der Waals surface area contributed by atoms with Gasteiger partial charge in [0.2, 0.25) is 11.9 Å². The summed E-state index contributed by atoms with van der Waals surface area (Å²) in [6.07, 6.45) is -3.39. The number of carboxylic acids is 1. The summed E-state index contributed by atoms with van der Waals surface area (Å²) in [5.41, 5.74) is -0.920. The van der Waals surface area contributed by atoms with E-state index in [9.17, 15) is 28.8 Å². The monoisotopic (exact) mass is 940 g/mol. The largest absolute Gasteiger partial charge is 0.481 e. The number of benzene rings is 2. The van der Waals surface area contributed by atoms with Crippen molar-refractivity contribution < 1.29 is 61.0 Å². The van der Waals surface area contributed by atoms with E-state index in [-0.39, 0.29) is 61.6 Å². The zero-order chi connectivity index (χ0) is 47.2. The number of carboxylic acid groups (broad SMARTS) is 1. The summed E-state index contributed by atoms with van der Waals surface area (Å²) < 4.78 is 61.9. The topological polar surface area (TPSA) is 262 Å². The summed E-state index contributed by atoms with van der Waals surface area (Å²) in [6, 6.07) is 22.5. The van der Waals surface area contributed by atoms with Crippen molar-refractivity contribution in [2.75, 3.05) is 58.2 Å². The third-order valence-electron chi connectivity index (χ3n) is 10.4. The van der Waals surface area contributed by atoms with E-state index in [0.29, 0.717) is 13.2 Å². The van der Waals surface area contributed by atoms with E-state index in [2.05, 4.69) is 65.3 Å². The molecule has 3 N–H and O–H groups in total. The molecule has 65 heavy (non-hydrogen) atoms. The number of phosphoric ester groups is 1. The van der Waals surface area contributed by atoms with Gasteiger partial charge in [0.1, 0.15) is 0 Å². The number of hydrogen-bond donors (Lipinski definition) is 3. The first-order valence-corrected chi connectivity index (χ1v) is 24.5. The number of esters is 1. The van der Waals surface area contributed by atoms with Gasteiger partial charge in [-0.1, -0.05) is 95.3 Å². The Morgan fingerprint density at radius 1 is 0.954 bits per heavy atom. The summed E-state index contributed by atoms with van der Waals surface area (Å²) in [5, 5.41) is 23.6. The van der Waals surface area contributed by atoms with Crippen molar-refractivity contribution in [2.24, 2.45) is 11.8 Å². The first kappa shape index (κ1) is 50.9. The Morgan fingerprint density at radius 2 is 1.55 bits per heavy atom. The van der Waals surface area contributed by atoms with Crippen LogP contribution < -0.4 is 21.2 Å². The molecule has 1 unspecified atom stereocenters. The second-order valence-corrected chi connectivity index (χ2v) is 22.3. The number of aromatic nitrogens is 4. The molecule has 0 aliphatic carbocycles. The zero-order valence-corrected chi connectivity index (χ0v) is 39.2. The van der Waals surface area contributed by atoms with Gasteiger partial charge >= 0.3 is 19.8 Å². The van der Waals surface area contributed by atoms with E-state index < -0.39 is 82.8 Å². The first-order valence-electron chi connectivity index (χ1n) is 21.1. The molecule has 4 aromatic rings. The van der Waals surface area contributed by atoms with E-state index in [4.69, 9.17) is 42.2 Å². The number of nitriles is 1. The van der Waals surface area contributed by atoms with Crippen LogP contribution >= 0.6 is 7.82 Å². The van der Waals surface area contributed by atoms with Crippen molar-refractivity contribution in [3.8, 4) is 6.07 Å². The summed E-state index contributed by atoms with van der Waals surface area (Å²) in [6.45, 7) is 10.9. The molecule has 1 saturated heterocycles. The highest BCUT2D eigenvalue weighted by atomic mass is 31.2. The van der Waals surface area contributed by atoms with Gasteiger partial charge in [-0.2, -0.15) is 10.2 Å². The van der Waals surface area contributed by atoms with Crippen LogP contribution in [0.5, 0.6) is 0 Å². The molecule has 0 radical (unpaired) electrons. The molecule has 0 bridgehead atoms. The van der Waals surface area contributed by atoms with E-state index in [0.717, 1.165) is 17.3 Å². The minimum atomic E-state index is -4.44. The van der Waals surface area contributed by atoms with Gasteiger partial charge in [-0.15, -0.1) is 0 Å². The van der Waals surface area contributed by atoms with Gasteiger partial charge in [-0.3, -0.25) is 47.6 Å². The van der Waals surface area contributed by atoms with Gasteiger partial charge in [0.05, 0.1) is 84.2 Å². The van der Waals surface area contributed by atoms with E-state index >= 15 is 0 Å². The number of carbonyl (C=O) groups is 3. The number of nitrogens with one attached hydrogen (secondary N) is 2. The third-order valence-corrected chi connectivity index (χ3v) is 16.9. The lowest BCUT2D eigenvalue weighted by molar-refractivity contribution is -0.155. The Hall–Kier alpha value is -5.14. The van der Waals surface area contributed by atoms with Crippen molar-refractivity contribution in [1.29, 1.82) is 5.26 Å². The molecule has 1 amide bonds. The maximum absolute atomic E-state index is 13.9. The second kappa shape index (κ2) is 23.3. The summed E-state index contributed by atoms with van der Waals surface area (Å²) >= 11 is 0.